The molecule has 1 aliphatic carbocycles. The Bertz CT molecular complexity index is 316. The summed E-state index contributed by atoms with van der Waals surface area (Å²) >= 11 is 0. The summed E-state index contributed by atoms with van der Waals surface area (Å²) in [5.74, 6) is -0.859. The maximum atomic E-state index is 12.0. The number of rotatable bonds is 4. The number of ether oxygens (including phenoxy) is 1. The van der Waals surface area contributed by atoms with Crippen molar-refractivity contribution in [3.63, 3.8) is 0 Å². The van der Waals surface area contributed by atoms with Crippen LogP contribution in [0, 0.1) is 23.2 Å². The van der Waals surface area contributed by atoms with Gasteiger partial charge >= 0.3 is 11.9 Å². The number of carbonyl (C=O) groups excluding carboxylic acids is 1. The highest BCUT2D eigenvalue weighted by Gasteiger charge is 2.51. The van der Waals surface area contributed by atoms with Crippen LogP contribution in [0.2, 0.25) is 0 Å². The average Bonchev–Trinajstić information content (AvgIpc) is 2.26. The lowest BCUT2D eigenvalue weighted by Crippen LogP contribution is -2.46. The number of carboxylic acid groups (broad SMARTS) is 1. The molecule has 1 aliphatic rings. The quantitative estimate of drug-likeness (QED) is 0.620. The molecule has 0 radical (unpaired) electrons. The SMILES string of the molecule is CCOC(=O)C(C)(C(=O)O)C1CC(C)CC(C)C1. The molecule has 3 atom stereocenters. The van der Waals surface area contributed by atoms with Gasteiger partial charge in [-0.05, 0) is 50.9 Å². The third-order valence-electron chi connectivity index (χ3n) is 4.14. The van der Waals surface area contributed by atoms with Gasteiger partial charge in [-0.25, -0.2) is 0 Å². The molecule has 3 unspecified atom stereocenters. The monoisotopic (exact) mass is 256 g/mol. The molecule has 1 saturated carbocycles. The van der Waals surface area contributed by atoms with E-state index in [2.05, 4.69) is 13.8 Å². The number of esters is 1. The zero-order chi connectivity index (χ0) is 13.9. The number of carbonyl (C=O) groups is 2. The molecule has 18 heavy (non-hydrogen) atoms. The molecule has 0 spiro atoms. The second-order valence-corrected chi connectivity index (χ2v) is 5.84. The Hall–Kier alpha value is -1.06. The molecule has 4 heteroatoms. The summed E-state index contributed by atoms with van der Waals surface area (Å²) in [5.41, 5.74) is -1.40. The van der Waals surface area contributed by atoms with E-state index in [1.54, 1.807) is 6.92 Å². The molecule has 0 aliphatic heterocycles. The van der Waals surface area contributed by atoms with Crippen LogP contribution in [0.25, 0.3) is 0 Å². The number of aliphatic carboxylic acids is 1. The van der Waals surface area contributed by atoms with Crippen LogP contribution in [-0.4, -0.2) is 23.7 Å². The summed E-state index contributed by atoms with van der Waals surface area (Å²) in [7, 11) is 0. The molecule has 1 fully saturated rings. The van der Waals surface area contributed by atoms with Crippen LogP contribution in [0.3, 0.4) is 0 Å². The Balaban J connectivity index is 2.96. The maximum absolute atomic E-state index is 12.0. The molecule has 0 aromatic rings. The van der Waals surface area contributed by atoms with Gasteiger partial charge < -0.3 is 9.84 Å². The van der Waals surface area contributed by atoms with E-state index < -0.39 is 17.4 Å². The van der Waals surface area contributed by atoms with E-state index in [1.807, 2.05) is 0 Å². The Morgan fingerprint density at radius 1 is 1.22 bits per heavy atom. The van der Waals surface area contributed by atoms with Crippen LogP contribution in [0.4, 0.5) is 0 Å². The lowest BCUT2D eigenvalue weighted by atomic mass is 9.64. The van der Waals surface area contributed by atoms with Crippen molar-refractivity contribution in [3.8, 4) is 0 Å². The summed E-state index contributed by atoms with van der Waals surface area (Å²) in [5, 5.41) is 9.45. The zero-order valence-electron chi connectivity index (χ0n) is 11.7. The lowest BCUT2D eigenvalue weighted by molar-refractivity contribution is -0.173. The van der Waals surface area contributed by atoms with E-state index in [4.69, 9.17) is 4.74 Å². The Morgan fingerprint density at radius 3 is 2.11 bits per heavy atom. The fourth-order valence-corrected chi connectivity index (χ4v) is 3.13. The molecule has 0 aromatic heterocycles. The van der Waals surface area contributed by atoms with Gasteiger partial charge in [0.25, 0.3) is 0 Å². The topological polar surface area (TPSA) is 63.6 Å². The first-order valence-corrected chi connectivity index (χ1v) is 6.72. The fraction of sp³-hybridized carbons (Fsp3) is 0.857. The minimum absolute atomic E-state index is 0.132. The van der Waals surface area contributed by atoms with Gasteiger partial charge in [0.05, 0.1) is 6.61 Å². The Labute approximate surface area is 109 Å². The van der Waals surface area contributed by atoms with Crippen molar-refractivity contribution in [1.82, 2.24) is 0 Å². The van der Waals surface area contributed by atoms with Gasteiger partial charge in [0.15, 0.2) is 5.41 Å². The van der Waals surface area contributed by atoms with Gasteiger partial charge in [0.2, 0.25) is 0 Å². The predicted octanol–water partition coefficient (Wildman–Crippen LogP) is 2.71. The molecule has 1 rings (SSSR count). The number of hydrogen-bond donors (Lipinski definition) is 1. The van der Waals surface area contributed by atoms with Gasteiger partial charge in [-0.15, -0.1) is 0 Å². The normalized spacial score (nSPS) is 31.4. The van der Waals surface area contributed by atoms with E-state index in [9.17, 15) is 14.7 Å². The van der Waals surface area contributed by atoms with Crippen LogP contribution in [0.15, 0.2) is 0 Å². The molecule has 0 saturated heterocycles. The Kier molecular flexibility index (Phi) is 4.77. The van der Waals surface area contributed by atoms with Gasteiger partial charge in [0, 0.05) is 0 Å². The number of hydrogen-bond acceptors (Lipinski definition) is 3. The highest BCUT2D eigenvalue weighted by atomic mass is 16.5. The number of carboxylic acids is 1. The zero-order valence-corrected chi connectivity index (χ0v) is 11.7. The fourth-order valence-electron chi connectivity index (χ4n) is 3.13. The van der Waals surface area contributed by atoms with Crippen molar-refractivity contribution < 1.29 is 19.4 Å². The van der Waals surface area contributed by atoms with Crippen LogP contribution in [0.5, 0.6) is 0 Å². The van der Waals surface area contributed by atoms with Gasteiger partial charge in [-0.1, -0.05) is 13.8 Å². The average molecular weight is 256 g/mol. The van der Waals surface area contributed by atoms with Gasteiger partial charge in [-0.2, -0.15) is 0 Å². The molecule has 1 N–H and O–H groups in total. The second kappa shape index (κ2) is 5.72. The molecule has 0 bridgehead atoms. The first-order chi connectivity index (χ1) is 8.32. The van der Waals surface area contributed by atoms with E-state index >= 15 is 0 Å². The maximum Gasteiger partial charge on any atom is 0.323 e. The van der Waals surface area contributed by atoms with E-state index in [1.165, 1.54) is 6.92 Å². The van der Waals surface area contributed by atoms with Gasteiger partial charge in [0.1, 0.15) is 0 Å². The van der Waals surface area contributed by atoms with Crippen LogP contribution in [-0.2, 0) is 14.3 Å². The molecular weight excluding hydrogens is 232 g/mol. The minimum Gasteiger partial charge on any atom is -0.480 e. The third-order valence-corrected chi connectivity index (χ3v) is 4.14. The van der Waals surface area contributed by atoms with Crippen molar-refractivity contribution >= 4 is 11.9 Å². The lowest BCUT2D eigenvalue weighted by Gasteiger charge is -2.39. The van der Waals surface area contributed by atoms with Crippen molar-refractivity contribution in [1.29, 1.82) is 0 Å². The van der Waals surface area contributed by atoms with E-state index in [0.29, 0.717) is 11.8 Å². The standard InChI is InChI=1S/C14H24O4/c1-5-18-13(17)14(4,12(15)16)11-7-9(2)6-10(3)8-11/h9-11H,5-8H2,1-4H3,(H,15,16). The highest BCUT2D eigenvalue weighted by molar-refractivity contribution is 5.99. The Morgan fingerprint density at radius 2 is 1.72 bits per heavy atom. The van der Waals surface area contributed by atoms with Crippen molar-refractivity contribution in [2.24, 2.45) is 23.2 Å². The summed E-state index contributed by atoms with van der Waals surface area (Å²) in [6.07, 6.45) is 2.67. The second-order valence-electron chi connectivity index (χ2n) is 5.84. The highest BCUT2D eigenvalue weighted by Crippen LogP contribution is 2.43. The molecular formula is C14H24O4. The summed E-state index contributed by atoms with van der Waals surface area (Å²) < 4.78 is 4.97. The van der Waals surface area contributed by atoms with Crippen molar-refractivity contribution in [2.75, 3.05) is 6.61 Å². The summed E-state index contributed by atoms with van der Waals surface area (Å²) in [6, 6.07) is 0. The van der Waals surface area contributed by atoms with E-state index in [0.717, 1.165) is 19.3 Å². The first-order valence-electron chi connectivity index (χ1n) is 6.72. The van der Waals surface area contributed by atoms with Crippen LogP contribution >= 0.6 is 0 Å². The predicted molar refractivity (Wildman–Crippen MR) is 68.0 cm³/mol. The molecule has 0 aromatic carbocycles. The summed E-state index contributed by atoms with van der Waals surface area (Å²) in [4.78, 5) is 23.6. The molecule has 0 amide bonds. The minimum atomic E-state index is -1.40. The van der Waals surface area contributed by atoms with Gasteiger partial charge in [-0.3, -0.25) is 9.59 Å². The van der Waals surface area contributed by atoms with E-state index in [-0.39, 0.29) is 12.5 Å². The van der Waals surface area contributed by atoms with Crippen LogP contribution < -0.4 is 0 Å². The molecule has 0 heterocycles. The third kappa shape index (κ3) is 2.85. The molecule has 104 valence electrons. The first kappa shape index (κ1) is 15.0. The van der Waals surface area contributed by atoms with Crippen molar-refractivity contribution in [3.05, 3.63) is 0 Å². The largest absolute Gasteiger partial charge is 0.480 e. The molecule has 4 nitrogen and oxygen atoms in total. The van der Waals surface area contributed by atoms with Crippen LogP contribution in [0.1, 0.15) is 47.0 Å². The smallest absolute Gasteiger partial charge is 0.323 e. The van der Waals surface area contributed by atoms with Crippen molar-refractivity contribution in [2.45, 2.75) is 47.0 Å². The summed E-state index contributed by atoms with van der Waals surface area (Å²) in [6.45, 7) is 7.68.